The van der Waals surface area contributed by atoms with Gasteiger partial charge in [0.05, 0.1) is 9.83 Å². The van der Waals surface area contributed by atoms with Gasteiger partial charge >= 0.3 is 0 Å². The van der Waals surface area contributed by atoms with Crippen LogP contribution in [-0.4, -0.2) is 6.54 Å². The third-order valence-electron chi connectivity index (χ3n) is 3.98. The first-order chi connectivity index (χ1) is 9.26. The Kier molecular flexibility index (Phi) is 3.79. The lowest BCUT2D eigenvalue weighted by Gasteiger charge is -2.27. The maximum absolute atomic E-state index is 3.70. The highest BCUT2D eigenvalue weighted by Gasteiger charge is 2.51. The minimum Gasteiger partial charge on any atom is -0.309 e. The molecule has 1 atom stereocenters. The first kappa shape index (κ1) is 13.3. The average molecular weight is 336 g/mol. The van der Waals surface area contributed by atoms with E-state index in [-0.39, 0.29) is 0 Å². The van der Waals surface area contributed by atoms with Gasteiger partial charge in [-0.3, -0.25) is 0 Å². The molecule has 1 aliphatic carbocycles. The lowest BCUT2D eigenvalue weighted by atomic mass is 9.87. The van der Waals surface area contributed by atoms with Crippen molar-refractivity contribution in [3.05, 3.63) is 56.7 Å². The molecule has 1 aromatic carbocycles. The zero-order chi connectivity index (χ0) is 13.3. The number of benzene rings is 1. The van der Waals surface area contributed by atoms with Crippen molar-refractivity contribution in [3.63, 3.8) is 0 Å². The van der Waals surface area contributed by atoms with Crippen LogP contribution >= 0.6 is 27.3 Å². The summed E-state index contributed by atoms with van der Waals surface area (Å²) in [6.07, 6.45) is 2.56. The molecule has 0 amide bonds. The Bertz CT molecular complexity index is 545. The molecule has 19 heavy (non-hydrogen) atoms. The second-order valence-electron chi connectivity index (χ2n) is 5.15. The van der Waals surface area contributed by atoms with E-state index in [9.17, 15) is 0 Å². The van der Waals surface area contributed by atoms with E-state index in [0.717, 1.165) is 6.54 Å². The molecule has 0 bridgehead atoms. The maximum atomic E-state index is 3.70. The van der Waals surface area contributed by atoms with E-state index < -0.39 is 0 Å². The largest absolute Gasteiger partial charge is 0.309 e. The van der Waals surface area contributed by atoms with Crippen LogP contribution in [0.2, 0.25) is 0 Å². The Hall–Kier alpha value is -0.640. The van der Waals surface area contributed by atoms with E-state index >= 15 is 0 Å². The highest BCUT2D eigenvalue weighted by atomic mass is 79.9. The number of likely N-dealkylation sites (N-methyl/N-ethyl adjacent to an activating group) is 1. The number of nitrogens with one attached hydrogen (secondary N) is 1. The predicted molar refractivity (Wildman–Crippen MR) is 85.8 cm³/mol. The second kappa shape index (κ2) is 5.39. The van der Waals surface area contributed by atoms with Crippen molar-refractivity contribution in [1.29, 1.82) is 0 Å². The molecule has 0 saturated heterocycles. The number of rotatable bonds is 5. The van der Waals surface area contributed by atoms with Crippen LogP contribution in [0.5, 0.6) is 0 Å². The van der Waals surface area contributed by atoms with Crippen molar-refractivity contribution >= 4 is 27.3 Å². The highest BCUT2D eigenvalue weighted by molar-refractivity contribution is 9.11. The van der Waals surface area contributed by atoms with Crippen molar-refractivity contribution in [2.45, 2.75) is 31.2 Å². The van der Waals surface area contributed by atoms with E-state index in [4.69, 9.17) is 0 Å². The summed E-state index contributed by atoms with van der Waals surface area (Å²) in [6.45, 7) is 3.20. The number of halogens is 1. The number of hydrogen-bond acceptors (Lipinski definition) is 2. The van der Waals surface area contributed by atoms with Crippen LogP contribution in [0.25, 0.3) is 0 Å². The summed E-state index contributed by atoms with van der Waals surface area (Å²) in [5.41, 5.74) is 1.78. The monoisotopic (exact) mass is 335 g/mol. The Morgan fingerprint density at radius 3 is 2.47 bits per heavy atom. The van der Waals surface area contributed by atoms with Crippen molar-refractivity contribution in [1.82, 2.24) is 5.32 Å². The zero-order valence-electron chi connectivity index (χ0n) is 11.0. The summed E-state index contributed by atoms with van der Waals surface area (Å²) in [5.74, 6) is 0. The van der Waals surface area contributed by atoms with Gasteiger partial charge in [-0.05, 0) is 53.0 Å². The normalized spacial score (nSPS) is 18.2. The minimum absolute atomic E-state index is 0.307. The Balaban J connectivity index is 1.96. The zero-order valence-corrected chi connectivity index (χ0v) is 13.4. The Morgan fingerprint density at radius 1 is 1.21 bits per heavy atom. The van der Waals surface area contributed by atoms with E-state index in [1.54, 1.807) is 0 Å². The summed E-state index contributed by atoms with van der Waals surface area (Å²) in [5, 5.41) is 3.70. The average Bonchev–Trinajstić information content (AvgIpc) is 3.14. The highest BCUT2D eigenvalue weighted by Crippen LogP contribution is 2.57. The number of hydrogen-bond donors (Lipinski definition) is 1. The van der Waals surface area contributed by atoms with Gasteiger partial charge in [0, 0.05) is 10.3 Å². The van der Waals surface area contributed by atoms with Crippen LogP contribution in [0, 0.1) is 0 Å². The predicted octanol–water partition coefficient (Wildman–Crippen LogP) is 4.89. The minimum atomic E-state index is 0.307. The Morgan fingerprint density at radius 2 is 1.95 bits per heavy atom. The fourth-order valence-corrected chi connectivity index (χ4v) is 4.52. The summed E-state index contributed by atoms with van der Waals surface area (Å²) >= 11 is 5.44. The SMILES string of the molecule is CCNC(c1ccc(Br)s1)C1(c2ccccc2)CC1. The lowest BCUT2D eigenvalue weighted by Crippen LogP contribution is -2.31. The summed E-state index contributed by atoms with van der Waals surface area (Å²) in [4.78, 5) is 1.44. The number of thiophene rings is 1. The van der Waals surface area contributed by atoms with E-state index in [0.29, 0.717) is 11.5 Å². The van der Waals surface area contributed by atoms with Gasteiger partial charge in [-0.15, -0.1) is 11.3 Å². The molecule has 1 aliphatic rings. The second-order valence-corrected chi connectivity index (χ2v) is 7.65. The molecule has 1 saturated carbocycles. The van der Waals surface area contributed by atoms with Gasteiger partial charge in [-0.2, -0.15) is 0 Å². The molecule has 2 aromatic rings. The van der Waals surface area contributed by atoms with Crippen LogP contribution < -0.4 is 5.32 Å². The van der Waals surface area contributed by atoms with Gasteiger partial charge in [0.1, 0.15) is 0 Å². The smallest absolute Gasteiger partial charge is 0.0701 e. The standard InChI is InChI=1S/C16H18BrNS/c1-2-18-15(13-8-9-14(17)19-13)16(10-11-16)12-6-4-3-5-7-12/h3-9,15,18H,2,10-11H2,1H3. The van der Waals surface area contributed by atoms with Gasteiger partial charge in [-0.25, -0.2) is 0 Å². The van der Waals surface area contributed by atoms with Crippen molar-refractivity contribution in [2.24, 2.45) is 0 Å². The van der Waals surface area contributed by atoms with Crippen LogP contribution in [0.4, 0.5) is 0 Å². The first-order valence-corrected chi connectivity index (χ1v) is 8.41. The molecule has 1 aromatic heterocycles. The van der Waals surface area contributed by atoms with Crippen LogP contribution in [0.3, 0.4) is 0 Å². The molecule has 0 aliphatic heterocycles. The van der Waals surface area contributed by atoms with E-state index in [1.165, 1.54) is 27.1 Å². The Labute approximate surface area is 127 Å². The van der Waals surface area contributed by atoms with Crippen LogP contribution in [0.1, 0.15) is 36.2 Å². The summed E-state index contributed by atoms with van der Waals surface area (Å²) in [7, 11) is 0. The van der Waals surface area contributed by atoms with E-state index in [1.807, 2.05) is 11.3 Å². The van der Waals surface area contributed by atoms with Gasteiger partial charge in [0.25, 0.3) is 0 Å². The molecular weight excluding hydrogens is 318 g/mol. The molecule has 0 spiro atoms. The van der Waals surface area contributed by atoms with Gasteiger partial charge in [0.15, 0.2) is 0 Å². The lowest BCUT2D eigenvalue weighted by molar-refractivity contribution is 0.446. The fourth-order valence-electron chi connectivity index (χ4n) is 2.90. The van der Waals surface area contributed by atoms with Gasteiger partial charge < -0.3 is 5.32 Å². The topological polar surface area (TPSA) is 12.0 Å². The molecule has 3 rings (SSSR count). The van der Waals surface area contributed by atoms with Crippen molar-refractivity contribution < 1.29 is 0 Å². The third-order valence-corrected chi connectivity index (χ3v) is 5.67. The van der Waals surface area contributed by atoms with Crippen molar-refractivity contribution in [2.75, 3.05) is 6.54 Å². The maximum Gasteiger partial charge on any atom is 0.0701 e. The first-order valence-electron chi connectivity index (χ1n) is 6.80. The molecule has 1 N–H and O–H groups in total. The molecule has 0 radical (unpaired) electrons. The third kappa shape index (κ3) is 2.51. The molecule has 1 fully saturated rings. The molecule has 1 heterocycles. The van der Waals surface area contributed by atoms with Gasteiger partial charge in [0.2, 0.25) is 0 Å². The molecule has 100 valence electrons. The fraction of sp³-hybridized carbons (Fsp3) is 0.375. The summed E-state index contributed by atoms with van der Waals surface area (Å²) < 4.78 is 1.22. The molecule has 1 nitrogen and oxygen atoms in total. The quantitative estimate of drug-likeness (QED) is 0.819. The van der Waals surface area contributed by atoms with Gasteiger partial charge in [-0.1, -0.05) is 37.3 Å². The van der Waals surface area contributed by atoms with Crippen molar-refractivity contribution in [3.8, 4) is 0 Å². The molecule has 3 heteroatoms. The molecule has 1 unspecified atom stereocenters. The molecular formula is C16H18BrNS. The summed E-state index contributed by atoms with van der Waals surface area (Å²) in [6, 6.07) is 15.8. The van der Waals surface area contributed by atoms with Crippen LogP contribution in [-0.2, 0) is 5.41 Å². The van der Waals surface area contributed by atoms with E-state index in [2.05, 4.69) is 70.6 Å². The van der Waals surface area contributed by atoms with Crippen LogP contribution in [0.15, 0.2) is 46.3 Å².